The van der Waals surface area contributed by atoms with Gasteiger partial charge in [-0.1, -0.05) is 38.0 Å². The molecule has 1 aromatic heterocycles. The molecule has 6 heteroatoms. The van der Waals surface area contributed by atoms with Gasteiger partial charge in [0.2, 0.25) is 0 Å². The highest BCUT2D eigenvalue weighted by atomic mass is 16.2. The number of aromatic nitrogens is 2. The lowest BCUT2D eigenvalue weighted by Gasteiger charge is -2.25. The molecular weight excluding hydrogens is 314 g/mol. The van der Waals surface area contributed by atoms with Crippen LogP contribution in [0.4, 0.5) is 16.3 Å². The van der Waals surface area contributed by atoms with Crippen molar-refractivity contribution in [2.45, 2.75) is 39.3 Å². The number of anilines is 2. The summed E-state index contributed by atoms with van der Waals surface area (Å²) in [7, 11) is 1.81. The lowest BCUT2D eigenvalue weighted by atomic mass is 10.1. The molecule has 0 bridgehead atoms. The van der Waals surface area contributed by atoms with Crippen LogP contribution in [0.15, 0.2) is 36.7 Å². The molecule has 2 aromatic rings. The largest absolute Gasteiger partial charge is 0.370 e. The summed E-state index contributed by atoms with van der Waals surface area (Å²) in [5.41, 5.74) is 2.79. The fourth-order valence-electron chi connectivity index (χ4n) is 3.02. The van der Waals surface area contributed by atoms with Crippen molar-refractivity contribution in [3.05, 3.63) is 47.9 Å². The number of carbonyl (C=O) groups excluding carboxylic acids is 1. The summed E-state index contributed by atoms with van der Waals surface area (Å²) in [6.45, 7) is 4.03. The van der Waals surface area contributed by atoms with Gasteiger partial charge in [-0.3, -0.25) is 4.90 Å². The first-order valence-electron chi connectivity index (χ1n) is 8.85. The van der Waals surface area contributed by atoms with E-state index < -0.39 is 0 Å². The highest BCUT2D eigenvalue weighted by molar-refractivity contribution is 5.92. The molecule has 0 radical (unpaired) electrons. The molecular formula is C19H25N5O. The predicted octanol–water partition coefficient (Wildman–Crippen LogP) is 3.65. The quantitative estimate of drug-likeness (QED) is 0.816. The van der Waals surface area contributed by atoms with E-state index in [0.29, 0.717) is 13.1 Å². The van der Waals surface area contributed by atoms with Crippen LogP contribution >= 0.6 is 0 Å². The smallest absolute Gasteiger partial charge is 0.324 e. The highest BCUT2D eigenvalue weighted by Crippen LogP contribution is 2.27. The number of nitrogens with one attached hydrogen (secondary N) is 1. The first kappa shape index (κ1) is 17.2. The average Bonchev–Trinajstić information content (AvgIpc) is 2.77. The van der Waals surface area contributed by atoms with Crippen LogP contribution in [0.5, 0.6) is 0 Å². The Morgan fingerprint density at radius 1 is 1.12 bits per heavy atom. The number of carbonyl (C=O) groups is 1. The lowest BCUT2D eigenvalue weighted by Crippen LogP contribution is -2.38. The molecule has 132 valence electrons. The Labute approximate surface area is 148 Å². The molecule has 0 spiro atoms. The maximum absolute atomic E-state index is 12.8. The summed E-state index contributed by atoms with van der Waals surface area (Å²) < 4.78 is 0. The van der Waals surface area contributed by atoms with Gasteiger partial charge in [0.05, 0.1) is 18.8 Å². The Morgan fingerprint density at radius 2 is 1.92 bits per heavy atom. The van der Waals surface area contributed by atoms with Gasteiger partial charge in [0.1, 0.15) is 12.1 Å². The number of hydrogen-bond acceptors (Lipinski definition) is 4. The van der Waals surface area contributed by atoms with E-state index in [1.54, 1.807) is 16.1 Å². The zero-order valence-corrected chi connectivity index (χ0v) is 14.9. The Hall–Kier alpha value is -2.63. The van der Waals surface area contributed by atoms with E-state index in [-0.39, 0.29) is 6.03 Å². The number of nitrogens with zero attached hydrogens (tertiary/aromatic N) is 4. The molecule has 0 saturated heterocycles. The second-order valence-electron chi connectivity index (χ2n) is 6.34. The van der Waals surface area contributed by atoms with Crippen molar-refractivity contribution in [1.82, 2.24) is 14.9 Å². The molecule has 0 atom stereocenters. The Kier molecular flexibility index (Phi) is 5.48. The second-order valence-corrected chi connectivity index (χ2v) is 6.34. The van der Waals surface area contributed by atoms with Crippen molar-refractivity contribution in [2.24, 2.45) is 0 Å². The molecule has 1 aliphatic heterocycles. The van der Waals surface area contributed by atoms with Crippen molar-refractivity contribution in [2.75, 3.05) is 23.8 Å². The van der Waals surface area contributed by atoms with Crippen molar-refractivity contribution in [3.63, 3.8) is 0 Å². The molecule has 2 amide bonds. The van der Waals surface area contributed by atoms with E-state index in [1.165, 1.54) is 12.8 Å². The van der Waals surface area contributed by atoms with Crippen LogP contribution < -0.4 is 10.2 Å². The van der Waals surface area contributed by atoms with Gasteiger partial charge in [-0.05, 0) is 18.6 Å². The number of benzene rings is 1. The Balaban J connectivity index is 1.90. The fraction of sp³-hybridized carbons (Fsp3) is 0.421. The number of para-hydroxylation sites is 1. The number of hydrogen-bond donors (Lipinski definition) is 1. The molecule has 0 unspecified atom stereocenters. The molecule has 1 N–H and O–H groups in total. The van der Waals surface area contributed by atoms with Crippen LogP contribution in [0, 0.1) is 0 Å². The molecule has 0 aliphatic carbocycles. The topological polar surface area (TPSA) is 61.4 Å². The number of rotatable bonds is 6. The molecule has 1 aromatic carbocycles. The molecule has 25 heavy (non-hydrogen) atoms. The van der Waals surface area contributed by atoms with Crippen molar-refractivity contribution in [3.8, 4) is 0 Å². The Bertz CT molecular complexity index is 719. The second kappa shape index (κ2) is 7.96. The normalized spacial score (nSPS) is 14.2. The van der Waals surface area contributed by atoms with Crippen LogP contribution in [-0.4, -0.2) is 34.5 Å². The lowest BCUT2D eigenvalue weighted by molar-refractivity contribution is 0.214. The van der Waals surface area contributed by atoms with Crippen LogP contribution in [0.25, 0.3) is 0 Å². The third kappa shape index (κ3) is 3.90. The highest BCUT2D eigenvalue weighted by Gasteiger charge is 2.28. The van der Waals surface area contributed by atoms with E-state index in [2.05, 4.69) is 22.2 Å². The van der Waals surface area contributed by atoms with Crippen molar-refractivity contribution < 1.29 is 4.79 Å². The molecule has 3 rings (SSSR count). The summed E-state index contributed by atoms with van der Waals surface area (Å²) in [6.07, 6.45) is 5.07. The zero-order valence-electron chi connectivity index (χ0n) is 14.9. The Morgan fingerprint density at radius 3 is 2.68 bits per heavy atom. The van der Waals surface area contributed by atoms with Gasteiger partial charge >= 0.3 is 6.03 Å². The van der Waals surface area contributed by atoms with Gasteiger partial charge in [0.25, 0.3) is 0 Å². The summed E-state index contributed by atoms with van der Waals surface area (Å²) in [6, 6.07) is 9.72. The molecule has 2 heterocycles. The van der Waals surface area contributed by atoms with Crippen LogP contribution in [-0.2, 0) is 13.1 Å². The zero-order chi connectivity index (χ0) is 17.6. The van der Waals surface area contributed by atoms with Crippen LogP contribution in [0.1, 0.15) is 37.4 Å². The standard InChI is InChI=1S/C19H25N5O/c1-3-4-8-11-20-18-16-12-24(15-9-6-5-7-10-15)19(25)23(2)13-17(16)21-14-22-18/h5-7,9-10,14H,3-4,8,11-13H2,1-2H3,(H,20,21,22). The fourth-order valence-corrected chi connectivity index (χ4v) is 3.02. The minimum absolute atomic E-state index is 0.0267. The van der Waals surface area contributed by atoms with Gasteiger partial charge in [-0.2, -0.15) is 0 Å². The summed E-state index contributed by atoms with van der Waals surface area (Å²) >= 11 is 0. The first-order valence-corrected chi connectivity index (χ1v) is 8.85. The number of amides is 2. The van der Waals surface area contributed by atoms with Gasteiger partial charge in [0, 0.05) is 24.8 Å². The molecule has 6 nitrogen and oxygen atoms in total. The maximum Gasteiger partial charge on any atom is 0.324 e. The van der Waals surface area contributed by atoms with Gasteiger partial charge in [-0.25, -0.2) is 14.8 Å². The first-order chi connectivity index (χ1) is 12.2. The van der Waals surface area contributed by atoms with Gasteiger partial charge in [-0.15, -0.1) is 0 Å². The summed E-state index contributed by atoms with van der Waals surface area (Å²) in [5.74, 6) is 0.838. The predicted molar refractivity (Wildman–Crippen MR) is 99.5 cm³/mol. The summed E-state index contributed by atoms with van der Waals surface area (Å²) in [5, 5.41) is 3.43. The van der Waals surface area contributed by atoms with Crippen LogP contribution in [0.2, 0.25) is 0 Å². The molecule has 1 aliphatic rings. The third-order valence-electron chi connectivity index (χ3n) is 4.44. The number of unbranched alkanes of at least 4 members (excludes halogenated alkanes) is 2. The number of fused-ring (bicyclic) bond motifs is 1. The number of urea groups is 1. The van der Waals surface area contributed by atoms with E-state index in [0.717, 1.165) is 35.7 Å². The van der Waals surface area contributed by atoms with Crippen molar-refractivity contribution in [1.29, 1.82) is 0 Å². The van der Waals surface area contributed by atoms with Gasteiger partial charge in [0.15, 0.2) is 0 Å². The maximum atomic E-state index is 12.8. The van der Waals surface area contributed by atoms with Crippen LogP contribution in [0.3, 0.4) is 0 Å². The third-order valence-corrected chi connectivity index (χ3v) is 4.44. The SMILES string of the molecule is CCCCCNc1ncnc2c1CN(c1ccccc1)C(=O)N(C)C2. The van der Waals surface area contributed by atoms with Crippen molar-refractivity contribution >= 4 is 17.5 Å². The van der Waals surface area contributed by atoms with E-state index >= 15 is 0 Å². The summed E-state index contributed by atoms with van der Waals surface area (Å²) in [4.78, 5) is 25.1. The monoisotopic (exact) mass is 339 g/mol. The van der Waals surface area contributed by atoms with Gasteiger partial charge < -0.3 is 10.2 Å². The molecule has 0 saturated carbocycles. The van der Waals surface area contributed by atoms with E-state index in [4.69, 9.17) is 0 Å². The van der Waals surface area contributed by atoms with E-state index in [9.17, 15) is 4.79 Å². The van der Waals surface area contributed by atoms with E-state index in [1.807, 2.05) is 37.4 Å². The minimum Gasteiger partial charge on any atom is -0.370 e. The average molecular weight is 339 g/mol. The molecule has 0 fully saturated rings. The minimum atomic E-state index is -0.0267.